The van der Waals surface area contributed by atoms with Crippen LogP contribution in [0.25, 0.3) is 0 Å². The first kappa shape index (κ1) is 15.0. The van der Waals surface area contributed by atoms with Gasteiger partial charge in [-0.15, -0.1) is 0 Å². The van der Waals surface area contributed by atoms with Gasteiger partial charge in [0.2, 0.25) is 0 Å². The minimum absolute atomic E-state index is 0.360. The predicted molar refractivity (Wildman–Crippen MR) is 76.4 cm³/mol. The summed E-state index contributed by atoms with van der Waals surface area (Å²) in [4.78, 5) is 2.67. The molecule has 0 saturated carbocycles. The van der Waals surface area contributed by atoms with Crippen molar-refractivity contribution < 1.29 is 0 Å². The van der Waals surface area contributed by atoms with Gasteiger partial charge in [0.15, 0.2) is 0 Å². The van der Waals surface area contributed by atoms with Crippen molar-refractivity contribution in [2.24, 2.45) is 10.8 Å². The molecule has 1 N–H and O–H groups in total. The van der Waals surface area contributed by atoms with Gasteiger partial charge in [-0.25, -0.2) is 0 Å². The van der Waals surface area contributed by atoms with Gasteiger partial charge in [0, 0.05) is 19.1 Å². The molecule has 2 heteroatoms. The molecule has 0 aliphatic carbocycles. The van der Waals surface area contributed by atoms with Gasteiger partial charge in [0.1, 0.15) is 0 Å². The number of nitrogens with one attached hydrogen (secondary N) is 1. The van der Waals surface area contributed by atoms with Crippen molar-refractivity contribution in [3.05, 3.63) is 0 Å². The van der Waals surface area contributed by atoms with Crippen LogP contribution in [0.2, 0.25) is 0 Å². The normalized spacial score (nSPS) is 24.7. The maximum Gasteiger partial charge on any atom is 0.0243 e. The van der Waals surface area contributed by atoms with Crippen molar-refractivity contribution in [3.63, 3.8) is 0 Å². The van der Waals surface area contributed by atoms with Crippen LogP contribution in [0.5, 0.6) is 0 Å². The average molecular weight is 240 g/mol. The molecule has 17 heavy (non-hydrogen) atoms. The molecule has 1 rings (SSSR count). The van der Waals surface area contributed by atoms with E-state index >= 15 is 0 Å². The molecule has 0 spiro atoms. The summed E-state index contributed by atoms with van der Waals surface area (Å²) in [6.07, 6.45) is 2.55. The Morgan fingerprint density at radius 1 is 1.18 bits per heavy atom. The van der Waals surface area contributed by atoms with Gasteiger partial charge in [-0.1, -0.05) is 41.5 Å². The van der Waals surface area contributed by atoms with Crippen molar-refractivity contribution >= 4 is 0 Å². The molecule has 1 saturated heterocycles. The van der Waals surface area contributed by atoms with Gasteiger partial charge in [0.25, 0.3) is 0 Å². The molecule has 1 fully saturated rings. The van der Waals surface area contributed by atoms with Crippen LogP contribution in [0.1, 0.15) is 54.4 Å². The predicted octanol–water partition coefficient (Wildman–Crippen LogP) is 3.13. The molecule has 0 radical (unpaired) electrons. The van der Waals surface area contributed by atoms with E-state index in [4.69, 9.17) is 0 Å². The van der Waals surface area contributed by atoms with Crippen molar-refractivity contribution in [2.45, 2.75) is 60.4 Å². The highest BCUT2D eigenvalue weighted by molar-refractivity contribution is 4.87. The fraction of sp³-hybridized carbons (Fsp3) is 1.00. The molecule has 0 bridgehead atoms. The number of hydrogen-bond acceptors (Lipinski definition) is 2. The van der Waals surface area contributed by atoms with E-state index in [2.05, 4.69) is 51.8 Å². The Kier molecular flexibility index (Phi) is 5.03. The third-order valence-electron chi connectivity index (χ3n) is 4.14. The van der Waals surface area contributed by atoms with Crippen molar-refractivity contribution in [1.29, 1.82) is 0 Å². The SMILES string of the molecule is CCC(C)(C)CN1CCCNC(C(C)(C)C)C1. The Morgan fingerprint density at radius 3 is 2.35 bits per heavy atom. The molecule has 0 aromatic heterocycles. The molecule has 1 atom stereocenters. The lowest BCUT2D eigenvalue weighted by atomic mass is 9.85. The standard InChI is InChI=1S/C15H32N2/c1-7-15(5,6)12-17-10-8-9-16-13(11-17)14(2,3)4/h13,16H,7-12H2,1-6H3. The highest BCUT2D eigenvalue weighted by Gasteiger charge is 2.29. The van der Waals surface area contributed by atoms with E-state index in [0.29, 0.717) is 16.9 Å². The van der Waals surface area contributed by atoms with E-state index in [1.165, 1.54) is 39.0 Å². The van der Waals surface area contributed by atoms with Gasteiger partial charge in [-0.2, -0.15) is 0 Å². The van der Waals surface area contributed by atoms with Crippen molar-refractivity contribution in [2.75, 3.05) is 26.2 Å². The molecule has 102 valence electrons. The van der Waals surface area contributed by atoms with E-state index < -0.39 is 0 Å². The largest absolute Gasteiger partial charge is 0.312 e. The molecule has 1 heterocycles. The first-order chi connectivity index (χ1) is 7.74. The van der Waals surface area contributed by atoms with Crippen molar-refractivity contribution in [3.8, 4) is 0 Å². The quantitative estimate of drug-likeness (QED) is 0.815. The number of nitrogens with zero attached hydrogens (tertiary/aromatic N) is 1. The van der Waals surface area contributed by atoms with Gasteiger partial charge < -0.3 is 10.2 Å². The molecule has 2 nitrogen and oxygen atoms in total. The van der Waals surface area contributed by atoms with E-state index in [9.17, 15) is 0 Å². The summed E-state index contributed by atoms with van der Waals surface area (Å²) in [5, 5.41) is 3.71. The number of rotatable bonds is 3. The van der Waals surface area contributed by atoms with Crippen LogP contribution in [-0.2, 0) is 0 Å². The zero-order valence-electron chi connectivity index (χ0n) is 12.8. The van der Waals surface area contributed by atoms with Crippen LogP contribution in [0, 0.1) is 10.8 Å². The monoisotopic (exact) mass is 240 g/mol. The summed E-state index contributed by atoms with van der Waals surface area (Å²) in [7, 11) is 0. The lowest BCUT2D eigenvalue weighted by molar-refractivity contribution is 0.144. The van der Waals surface area contributed by atoms with Crippen LogP contribution < -0.4 is 5.32 Å². The van der Waals surface area contributed by atoms with E-state index in [1.807, 2.05) is 0 Å². The van der Waals surface area contributed by atoms with Crippen LogP contribution >= 0.6 is 0 Å². The molecule has 1 aliphatic heterocycles. The van der Waals surface area contributed by atoms with Gasteiger partial charge in [0.05, 0.1) is 0 Å². The summed E-state index contributed by atoms with van der Waals surface area (Å²) < 4.78 is 0. The summed E-state index contributed by atoms with van der Waals surface area (Å²) in [6.45, 7) is 19.0. The lowest BCUT2D eigenvalue weighted by Crippen LogP contribution is -2.47. The molecule has 0 amide bonds. The second kappa shape index (κ2) is 5.71. The first-order valence-electron chi connectivity index (χ1n) is 7.20. The van der Waals surface area contributed by atoms with Gasteiger partial charge in [-0.05, 0) is 36.8 Å². The average Bonchev–Trinajstić information content (AvgIpc) is 2.42. The third kappa shape index (κ3) is 4.97. The zero-order valence-corrected chi connectivity index (χ0v) is 12.8. The van der Waals surface area contributed by atoms with E-state index in [1.54, 1.807) is 0 Å². The molecule has 1 unspecified atom stereocenters. The number of hydrogen-bond donors (Lipinski definition) is 1. The lowest BCUT2D eigenvalue weighted by Gasteiger charge is -2.36. The summed E-state index contributed by atoms with van der Waals surface area (Å²) in [5.74, 6) is 0. The van der Waals surface area contributed by atoms with Crippen LogP contribution in [0.4, 0.5) is 0 Å². The van der Waals surface area contributed by atoms with Crippen molar-refractivity contribution in [1.82, 2.24) is 10.2 Å². The molecule has 0 aromatic carbocycles. The highest BCUT2D eigenvalue weighted by atomic mass is 15.2. The molecule has 1 aliphatic rings. The maximum absolute atomic E-state index is 3.71. The first-order valence-corrected chi connectivity index (χ1v) is 7.20. The van der Waals surface area contributed by atoms with Crippen LogP contribution in [-0.4, -0.2) is 37.1 Å². The second-order valence-electron chi connectivity index (χ2n) is 7.48. The van der Waals surface area contributed by atoms with Crippen LogP contribution in [0.3, 0.4) is 0 Å². The Labute approximate surface area is 108 Å². The Morgan fingerprint density at radius 2 is 1.82 bits per heavy atom. The maximum atomic E-state index is 3.71. The Bertz CT molecular complexity index is 228. The fourth-order valence-corrected chi connectivity index (χ4v) is 2.43. The fourth-order valence-electron chi connectivity index (χ4n) is 2.43. The Hall–Kier alpha value is -0.0800. The molecular weight excluding hydrogens is 208 g/mol. The summed E-state index contributed by atoms with van der Waals surface area (Å²) >= 11 is 0. The van der Waals surface area contributed by atoms with Gasteiger partial charge >= 0.3 is 0 Å². The topological polar surface area (TPSA) is 15.3 Å². The minimum Gasteiger partial charge on any atom is -0.312 e. The smallest absolute Gasteiger partial charge is 0.0243 e. The zero-order chi connectivity index (χ0) is 13.1. The van der Waals surface area contributed by atoms with Crippen LogP contribution in [0.15, 0.2) is 0 Å². The van der Waals surface area contributed by atoms with E-state index in [0.717, 1.165) is 0 Å². The molecule has 0 aromatic rings. The highest BCUT2D eigenvalue weighted by Crippen LogP contribution is 2.25. The minimum atomic E-state index is 0.360. The summed E-state index contributed by atoms with van der Waals surface area (Å²) in [5.41, 5.74) is 0.811. The second-order valence-corrected chi connectivity index (χ2v) is 7.48. The van der Waals surface area contributed by atoms with Gasteiger partial charge in [-0.3, -0.25) is 0 Å². The van der Waals surface area contributed by atoms with E-state index in [-0.39, 0.29) is 0 Å². The molecular formula is C15H32N2. The Balaban J connectivity index is 2.61. The third-order valence-corrected chi connectivity index (χ3v) is 4.14. The summed E-state index contributed by atoms with van der Waals surface area (Å²) in [6, 6.07) is 0.623.